The van der Waals surface area contributed by atoms with Crippen LogP contribution in [0, 0.1) is 11.7 Å². The Labute approximate surface area is 219 Å². The minimum absolute atomic E-state index is 0.135. The molecule has 4 N–H and O–H groups in total. The Bertz CT molecular complexity index is 1030. The molecule has 202 valence electrons. The Balaban J connectivity index is 2.62. The van der Waals surface area contributed by atoms with E-state index in [4.69, 9.17) is 25.9 Å². The van der Waals surface area contributed by atoms with E-state index in [1.165, 1.54) is 23.1 Å². The molecule has 0 aromatic heterocycles. The molecule has 0 saturated carbocycles. The van der Waals surface area contributed by atoms with Gasteiger partial charge in [-0.05, 0) is 58.9 Å². The molecule has 1 aliphatic heterocycles. The maximum atomic E-state index is 15.1. The van der Waals surface area contributed by atoms with E-state index >= 15 is 4.39 Å². The van der Waals surface area contributed by atoms with Crippen LogP contribution in [0.1, 0.15) is 47.1 Å². The van der Waals surface area contributed by atoms with Crippen LogP contribution in [-0.4, -0.2) is 53.8 Å². The minimum Gasteiger partial charge on any atom is -0.443 e. The Morgan fingerprint density at radius 1 is 1.25 bits per heavy atom. The molecule has 0 bridgehead atoms. The first-order valence-corrected chi connectivity index (χ1v) is 16.5. The van der Waals surface area contributed by atoms with Crippen LogP contribution in [0.5, 0.6) is 0 Å². The lowest BCUT2D eigenvalue weighted by molar-refractivity contribution is -0.121. The van der Waals surface area contributed by atoms with Crippen LogP contribution in [0.3, 0.4) is 0 Å². The molecule has 1 aromatic carbocycles. The third-order valence-electron chi connectivity index (χ3n) is 6.39. The van der Waals surface area contributed by atoms with Gasteiger partial charge in [0.2, 0.25) is 5.91 Å². The van der Waals surface area contributed by atoms with E-state index in [0.717, 1.165) is 17.8 Å². The number of hydrogen-bond donors (Lipinski definition) is 2. The van der Waals surface area contributed by atoms with Gasteiger partial charge in [0.25, 0.3) is 0 Å². The second-order valence-corrected chi connectivity index (χ2v) is 18.9. The normalized spacial score (nSPS) is 24.7. The average Bonchev–Trinajstić information content (AvgIpc) is 2.71. The van der Waals surface area contributed by atoms with Gasteiger partial charge in [-0.15, -0.1) is 0 Å². The zero-order valence-electron chi connectivity index (χ0n) is 22.9. The second kappa shape index (κ2) is 10.7. The van der Waals surface area contributed by atoms with Crippen molar-refractivity contribution < 1.29 is 23.5 Å². The average molecular weight is 541 g/mol. The molecule has 2 rings (SSSR count). The Hall–Kier alpha value is -2.11. The standard InChI is InChI=1S/C25H41FN4O4SSi/c1-16-24(5,18-14-17(27)10-11-19(18)26)29-21(35-25(16,6)20(28)31)30(22(32)34-23(2,3)4)15-33-12-13-36(7,8)9/h10-11,14,16H,12-13,15,27H2,1-9H3,(H2,28,31)/t16?,24-,25-/m0/s1. The number of halogens is 1. The minimum atomic E-state index is -1.37. The van der Waals surface area contributed by atoms with E-state index in [-0.39, 0.29) is 17.5 Å². The van der Waals surface area contributed by atoms with Gasteiger partial charge < -0.3 is 20.9 Å². The van der Waals surface area contributed by atoms with Crippen molar-refractivity contribution in [3.63, 3.8) is 0 Å². The van der Waals surface area contributed by atoms with Crippen molar-refractivity contribution in [1.29, 1.82) is 0 Å². The predicted octanol–water partition coefficient (Wildman–Crippen LogP) is 5.16. The van der Waals surface area contributed by atoms with Crippen LogP contribution in [0.15, 0.2) is 23.2 Å². The van der Waals surface area contributed by atoms with Gasteiger partial charge >= 0.3 is 6.09 Å². The maximum Gasteiger partial charge on any atom is 0.418 e. The van der Waals surface area contributed by atoms with E-state index in [1.54, 1.807) is 41.5 Å². The van der Waals surface area contributed by atoms with Crippen molar-refractivity contribution in [3.8, 4) is 0 Å². The number of thioether (sulfide) groups is 1. The van der Waals surface area contributed by atoms with E-state index in [1.807, 2.05) is 0 Å². The molecule has 1 aromatic rings. The first-order chi connectivity index (χ1) is 16.3. The summed E-state index contributed by atoms with van der Waals surface area (Å²) in [6, 6.07) is 5.14. The first-order valence-electron chi connectivity index (χ1n) is 12.0. The molecular formula is C25H41FN4O4SSi. The number of nitrogens with two attached hydrogens (primary N) is 2. The van der Waals surface area contributed by atoms with E-state index < -0.39 is 47.7 Å². The molecule has 0 fully saturated rings. The van der Waals surface area contributed by atoms with Crippen LogP contribution < -0.4 is 11.5 Å². The van der Waals surface area contributed by atoms with Crippen molar-refractivity contribution in [2.75, 3.05) is 19.1 Å². The number of carbonyl (C=O) groups is 2. The smallest absolute Gasteiger partial charge is 0.418 e. The third-order valence-corrected chi connectivity index (χ3v) is 9.56. The van der Waals surface area contributed by atoms with Crippen molar-refractivity contribution in [2.45, 2.75) is 83.1 Å². The molecule has 36 heavy (non-hydrogen) atoms. The number of anilines is 1. The largest absolute Gasteiger partial charge is 0.443 e. The van der Waals surface area contributed by atoms with Gasteiger partial charge in [0.15, 0.2) is 5.17 Å². The van der Waals surface area contributed by atoms with Gasteiger partial charge in [-0.2, -0.15) is 0 Å². The summed E-state index contributed by atoms with van der Waals surface area (Å²) in [4.78, 5) is 32.2. The van der Waals surface area contributed by atoms with Crippen molar-refractivity contribution in [1.82, 2.24) is 4.90 Å². The van der Waals surface area contributed by atoms with Crippen LogP contribution in [0.25, 0.3) is 0 Å². The van der Waals surface area contributed by atoms with Gasteiger partial charge in [-0.3, -0.25) is 9.79 Å². The summed E-state index contributed by atoms with van der Waals surface area (Å²) in [5.41, 5.74) is 10.4. The zero-order chi connectivity index (χ0) is 27.7. The number of ether oxygens (including phenoxy) is 2. The molecule has 0 radical (unpaired) electrons. The van der Waals surface area contributed by atoms with Crippen molar-refractivity contribution in [3.05, 3.63) is 29.6 Å². The van der Waals surface area contributed by atoms with Crippen LogP contribution >= 0.6 is 11.8 Å². The number of aliphatic imine (C=N–C) groups is 1. The monoisotopic (exact) mass is 540 g/mol. The highest BCUT2D eigenvalue weighted by Gasteiger charge is 2.54. The fourth-order valence-electron chi connectivity index (χ4n) is 3.77. The van der Waals surface area contributed by atoms with Crippen LogP contribution in [0.2, 0.25) is 25.7 Å². The van der Waals surface area contributed by atoms with E-state index in [9.17, 15) is 9.59 Å². The van der Waals surface area contributed by atoms with Gasteiger partial charge in [-0.25, -0.2) is 14.1 Å². The van der Waals surface area contributed by atoms with E-state index in [2.05, 4.69) is 19.6 Å². The molecule has 0 aliphatic carbocycles. The summed E-state index contributed by atoms with van der Waals surface area (Å²) in [5.74, 6) is -1.66. The lowest BCUT2D eigenvalue weighted by atomic mass is 9.73. The number of rotatable bonds is 7. The quantitative estimate of drug-likeness (QED) is 0.213. The summed E-state index contributed by atoms with van der Waals surface area (Å²) >= 11 is 1.06. The number of amides is 2. The highest BCUT2D eigenvalue weighted by molar-refractivity contribution is 8.15. The fourth-order valence-corrected chi connectivity index (χ4v) is 5.89. The molecule has 1 aliphatic rings. The predicted molar refractivity (Wildman–Crippen MR) is 147 cm³/mol. The number of hydrogen-bond acceptors (Lipinski definition) is 7. The molecular weight excluding hydrogens is 499 g/mol. The number of primary amides is 1. The molecule has 11 heteroatoms. The molecule has 1 heterocycles. The number of benzene rings is 1. The zero-order valence-corrected chi connectivity index (χ0v) is 24.7. The number of nitrogen functional groups attached to an aromatic ring is 1. The summed E-state index contributed by atoms with van der Waals surface area (Å²) < 4.78 is 25.4. The highest BCUT2D eigenvalue weighted by atomic mass is 32.2. The first kappa shape index (κ1) is 30.1. The van der Waals surface area contributed by atoms with Crippen LogP contribution in [-0.2, 0) is 19.8 Å². The molecule has 0 spiro atoms. The van der Waals surface area contributed by atoms with Crippen molar-refractivity contribution in [2.24, 2.45) is 16.6 Å². The molecule has 8 nitrogen and oxygen atoms in total. The summed E-state index contributed by atoms with van der Waals surface area (Å²) in [6.07, 6.45) is -0.682. The summed E-state index contributed by atoms with van der Waals surface area (Å²) in [5, 5.41) is 0.168. The fraction of sp³-hybridized carbons (Fsp3) is 0.640. The third kappa shape index (κ3) is 7.01. The lowest BCUT2D eigenvalue weighted by Crippen LogP contribution is -2.57. The Morgan fingerprint density at radius 3 is 2.39 bits per heavy atom. The van der Waals surface area contributed by atoms with Gasteiger partial charge in [0.1, 0.15) is 22.9 Å². The van der Waals surface area contributed by atoms with E-state index in [0.29, 0.717) is 12.3 Å². The number of amidine groups is 1. The summed E-state index contributed by atoms with van der Waals surface area (Å²) in [7, 11) is -1.37. The number of carbonyl (C=O) groups excluding carboxylic acids is 2. The maximum absolute atomic E-state index is 15.1. The van der Waals surface area contributed by atoms with Gasteiger partial charge in [0.05, 0.1) is 5.54 Å². The van der Waals surface area contributed by atoms with Gasteiger partial charge in [0, 0.05) is 31.8 Å². The SMILES string of the molecule is CC1[C@@](C)(C(N)=O)SC(N(COCC[Si](C)(C)C)C(=O)OC(C)(C)C)=N[C@]1(C)c1cc(N)ccc1F. The molecule has 2 amide bonds. The number of nitrogens with zero attached hydrogens (tertiary/aromatic N) is 2. The molecule has 0 saturated heterocycles. The topological polar surface area (TPSA) is 120 Å². The van der Waals surface area contributed by atoms with Crippen molar-refractivity contribution >= 4 is 42.7 Å². The van der Waals surface area contributed by atoms with Crippen LogP contribution in [0.4, 0.5) is 14.9 Å². The molecule has 1 unspecified atom stereocenters. The summed E-state index contributed by atoms with van der Waals surface area (Å²) in [6.45, 7) is 17.5. The molecule has 3 atom stereocenters. The highest BCUT2D eigenvalue weighted by Crippen LogP contribution is 2.51. The second-order valence-electron chi connectivity index (χ2n) is 11.8. The van der Waals surface area contributed by atoms with Gasteiger partial charge in [-0.1, -0.05) is 38.3 Å². The lowest BCUT2D eigenvalue weighted by Gasteiger charge is -2.47. The Morgan fingerprint density at radius 2 is 1.86 bits per heavy atom. The Kier molecular flexibility index (Phi) is 8.96.